The maximum Gasteiger partial charge on any atom is 0.274 e. The Labute approximate surface area is 165 Å². The number of benzene rings is 1. The van der Waals surface area contributed by atoms with Crippen LogP contribution in [0.15, 0.2) is 30.5 Å². The van der Waals surface area contributed by atoms with Crippen LogP contribution in [0.2, 0.25) is 5.02 Å². The van der Waals surface area contributed by atoms with E-state index in [-0.39, 0.29) is 5.91 Å². The van der Waals surface area contributed by atoms with E-state index in [1.165, 1.54) is 14.2 Å². The highest BCUT2D eigenvalue weighted by atomic mass is 35.5. The number of amides is 1. The summed E-state index contributed by atoms with van der Waals surface area (Å²) in [5.41, 5.74) is 1.79. The molecule has 1 N–H and O–H groups in total. The van der Waals surface area contributed by atoms with Gasteiger partial charge >= 0.3 is 0 Å². The van der Waals surface area contributed by atoms with E-state index in [0.717, 1.165) is 31.6 Å². The summed E-state index contributed by atoms with van der Waals surface area (Å²) >= 11 is 6.11. The van der Waals surface area contributed by atoms with Crippen molar-refractivity contribution < 1.29 is 14.3 Å². The number of anilines is 2. The zero-order chi connectivity index (χ0) is 19.8. The van der Waals surface area contributed by atoms with Crippen LogP contribution in [-0.4, -0.2) is 38.2 Å². The highest BCUT2D eigenvalue weighted by Crippen LogP contribution is 2.36. The molecule has 1 aromatic heterocycles. The van der Waals surface area contributed by atoms with Crippen molar-refractivity contribution in [1.82, 2.24) is 4.98 Å². The van der Waals surface area contributed by atoms with Crippen molar-refractivity contribution in [3.8, 4) is 11.5 Å². The molecule has 0 spiro atoms. The molecule has 7 heteroatoms. The SMILES string of the molecule is CCCN(CCC)c1ccnc(C(=O)Nc2cc(OC)c(Cl)cc2OC)c1. The number of methoxy groups -OCH3 is 2. The van der Waals surface area contributed by atoms with Gasteiger partial charge in [-0.25, -0.2) is 0 Å². The number of pyridine rings is 1. The predicted octanol–water partition coefficient (Wildman–Crippen LogP) is 4.63. The molecule has 0 saturated heterocycles. The summed E-state index contributed by atoms with van der Waals surface area (Å²) < 4.78 is 10.5. The molecule has 6 nitrogen and oxygen atoms in total. The lowest BCUT2D eigenvalue weighted by Crippen LogP contribution is -2.25. The van der Waals surface area contributed by atoms with Crippen LogP contribution in [0.1, 0.15) is 37.2 Å². The number of hydrogen-bond donors (Lipinski definition) is 1. The van der Waals surface area contributed by atoms with Gasteiger partial charge in [0.25, 0.3) is 5.91 Å². The molecule has 0 fully saturated rings. The highest BCUT2D eigenvalue weighted by Gasteiger charge is 2.16. The Hall–Kier alpha value is -2.47. The molecule has 2 rings (SSSR count). The van der Waals surface area contributed by atoms with E-state index < -0.39 is 0 Å². The van der Waals surface area contributed by atoms with Crippen molar-refractivity contribution in [3.05, 3.63) is 41.2 Å². The van der Waals surface area contributed by atoms with Crippen molar-refractivity contribution in [3.63, 3.8) is 0 Å². The smallest absolute Gasteiger partial charge is 0.274 e. The first-order valence-corrected chi connectivity index (χ1v) is 9.35. The average molecular weight is 392 g/mol. The second-order valence-electron chi connectivity index (χ2n) is 6.03. The molecule has 0 unspecified atom stereocenters. The number of nitrogens with zero attached hydrogens (tertiary/aromatic N) is 2. The lowest BCUT2D eigenvalue weighted by molar-refractivity contribution is 0.102. The van der Waals surface area contributed by atoms with Crippen LogP contribution in [-0.2, 0) is 0 Å². The minimum absolute atomic E-state index is 0.326. The van der Waals surface area contributed by atoms with Gasteiger partial charge in [-0.2, -0.15) is 0 Å². The molecule has 0 bridgehead atoms. The maximum atomic E-state index is 12.7. The monoisotopic (exact) mass is 391 g/mol. The molecule has 0 saturated carbocycles. The van der Waals surface area contributed by atoms with Gasteiger partial charge in [-0.05, 0) is 25.0 Å². The van der Waals surface area contributed by atoms with Crippen LogP contribution in [0.5, 0.6) is 11.5 Å². The fraction of sp³-hybridized carbons (Fsp3) is 0.400. The first-order valence-electron chi connectivity index (χ1n) is 8.97. The fourth-order valence-electron chi connectivity index (χ4n) is 2.79. The normalized spacial score (nSPS) is 10.4. The standard InChI is InChI=1S/C20H26ClN3O3/c1-5-9-24(10-6-2)14-7-8-22-17(11-14)20(25)23-16-13-18(26-3)15(21)12-19(16)27-4/h7-8,11-13H,5-6,9-10H2,1-4H3,(H,23,25). The van der Waals surface area contributed by atoms with Gasteiger partial charge < -0.3 is 19.7 Å². The zero-order valence-corrected chi connectivity index (χ0v) is 17.0. The number of rotatable bonds is 9. The second kappa shape index (κ2) is 10.0. The summed E-state index contributed by atoms with van der Waals surface area (Å²) in [6.45, 7) is 6.14. The van der Waals surface area contributed by atoms with E-state index in [0.29, 0.717) is 27.9 Å². The number of ether oxygens (including phenoxy) is 2. The molecular weight excluding hydrogens is 366 g/mol. The lowest BCUT2D eigenvalue weighted by atomic mass is 10.2. The van der Waals surface area contributed by atoms with E-state index in [2.05, 4.69) is 29.0 Å². The molecule has 1 aromatic carbocycles. The molecule has 0 aliphatic rings. The second-order valence-corrected chi connectivity index (χ2v) is 6.43. The number of nitrogens with one attached hydrogen (secondary N) is 1. The van der Waals surface area contributed by atoms with Crippen LogP contribution in [0.4, 0.5) is 11.4 Å². The number of carbonyl (C=O) groups excluding carboxylic acids is 1. The van der Waals surface area contributed by atoms with Gasteiger partial charge in [0, 0.05) is 37.1 Å². The van der Waals surface area contributed by atoms with Crippen LogP contribution in [0.3, 0.4) is 0 Å². The number of carbonyl (C=O) groups is 1. The zero-order valence-electron chi connectivity index (χ0n) is 16.2. The van der Waals surface area contributed by atoms with Crippen molar-refractivity contribution >= 4 is 28.9 Å². The third kappa shape index (κ3) is 5.26. The molecule has 1 heterocycles. The summed E-state index contributed by atoms with van der Waals surface area (Å²) in [6.07, 6.45) is 3.72. The quantitative estimate of drug-likeness (QED) is 0.675. The van der Waals surface area contributed by atoms with Gasteiger partial charge in [0.15, 0.2) is 0 Å². The van der Waals surface area contributed by atoms with E-state index in [4.69, 9.17) is 21.1 Å². The molecule has 0 aliphatic heterocycles. The highest BCUT2D eigenvalue weighted by molar-refractivity contribution is 6.32. The first kappa shape index (κ1) is 20.8. The Morgan fingerprint density at radius 2 is 1.78 bits per heavy atom. The molecule has 2 aromatic rings. The van der Waals surface area contributed by atoms with Gasteiger partial charge in [0.1, 0.15) is 17.2 Å². The fourth-order valence-corrected chi connectivity index (χ4v) is 3.03. The van der Waals surface area contributed by atoms with Gasteiger partial charge in [-0.1, -0.05) is 25.4 Å². The first-order chi connectivity index (χ1) is 13.0. The van der Waals surface area contributed by atoms with Gasteiger partial charge in [-0.15, -0.1) is 0 Å². The third-order valence-corrected chi connectivity index (χ3v) is 4.35. The number of hydrogen-bond acceptors (Lipinski definition) is 5. The van der Waals surface area contributed by atoms with Crippen molar-refractivity contribution in [2.75, 3.05) is 37.5 Å². The van der Waals surface area contributed by atoms with Crippen molar-refractivity contribution in [2.45, 2.75) is 26.7 Å². The molecule has 0 radical (unpaired) electrons. The van der Waals surface area contributed by atoms with Crippen LogP contribution < -0.4 is 19.7 Å². The molecule has 1 amide bonds. The van der Waals surface area contributed by atoms with Gasteiger partial charge in [0.2, 0.25) is 0 Å². The van der Waals surface area contributed by atoms with E-state index in [1.807, 2.05) is 6.07 Å². The van der Waals surface area contributed by atoms with Gasteiger partial charge in [-0.3, -0.25) is 9.78 Å². The molecule has 146 valence electrons. The molecular formula is C20H26ClN3O3. The summed E-state index contributed by atoms with van der Waals surface area (Å²) in [6, 6.07) is 6.96. The predicted molar refractivity (Wildman–Crippen MR) is 110 cm³/mol. The Kier molecular flexibility index (Phi) is 7.73. The van der Waals surface area contributed by atoms with E-state index in [9.17, 15) is 4.79 Å². The lowest BCUT2D eigenvalue weighted by Gasteiger charge is -2.24. The van der Waals surface area contributed by atoms with Crippen LogP contribution in [0.25, 0.3) is 0 Å². The summed E-state index contributed by atoms with van der Waals surface area (Å²) in [4.78, 5) is 19.2. The summed E-state index contributed by atoms with van der Waals surface area (Å²) in [5, 5.41) is 3.23. The average Bonchev–Trinajstić information content (AvgIpc) is 2.68. The van der Waals surface area contributed by atoms with Gasteiger partial charge in [0.05, 0.1) is 24.9 Å². The largest absolute Gasteiger partial charge is 0.495 e. The number of halogens is 1. The maximum absolute atomic E-state index is 12.7. The van der Waals surface area contributed by atoms with E-state index in [1.54, 1.807) is 24.4 Å². The molecule has 0 atom stereocenters. The Balaban J connectivity index is 2.27. The van der Waals surface area contributed by atoms with Crippen LogP contribution in [0, 0.1) is 0 Å². The Morgan fingerprint density at radius 1 is 1.11 bits per heavy atom. The Bertz CT molecular complexity index is 777. The topological polar surface area (TPSA) is 63.7 Å². The minimum atomic E-state index is -0.326. The minimum Gasteiger partial charge on any atom is -0.495 e. The third-order valence-electron chi connectivity index (χ3n) is 4.05. The summed E-state index contributed by atoms with van der Waals surface area (Å²) in [5.74, 6) is 0.572. The molecule has 0 aliphatic carbocycles. The van der Waals surface area contributed by atoms with Crippen molar-refractivity contribution in [1.29, 1.82) is 0 Å². The van der Waals surface area contributed by atoms with Crippen LogP contribution >= 0.6 is 11.6 Å². The Morgan fingerprint density at radius 3 is 2.37 bits per heavy atom. The van der Waals surface area contributed by atoms with E-state index >= 15 is 0 Å². The molecule has 27 heavy (non-hydrogen) atoms. The van der Waals surface area contributed by atoms with Crippen molar-refractivity contribution in [2.24, 2.45) is 0 Å². The number of aromatic nitrogens is 1. The summed E-state index contributed by atoms with van der Waals surface area (Å²) in [7, 11) is 3.03.